The summed E-state index contributed by atoms with van der Waals surface area (Å²) in [6, 6.07) is 9.83. The fourth-order valence-corrected chi connectivity index (χ4v) is 12.6. The third-order valence-electron chi connectivity index (χ3n) is 15.6. The maximum absolute atomic E-state index is 15.6. The molecule has 4 N–H and O–H groups in total. The van der Waals surface area contributed by atoms with E-state index in [1.54, 1.807) is 6.07 Å². The van der Waals surface area contributed by atoms with Crippen LogP contribution in [-0.2, 0) is 20.9 Å². The van der Waals surface area contributed by atoms with Crippen LogP contribution in [0.5, 0.6) is 5.75 Å². The van der Waals surface area contributed by atoms with Crippen LogP contribution in [0.4, 0.5) is 35.0 Å². The van der Waals surface area contributed by atoms with Gasteiger partial charge >= 0.3 is 6.36 Å². The molecule has 1 aromatic heterocycles. The Hall–Kier alpha value is -6.40. The van der Waals surface area contributed by atoms with Gasteiger partial charge in [-0.05, 0) is 92.7 Å². The van der Waals surface area contributed by atoms with Crippen molar-refractivity contribution in [3.63, 3.8) is 0 Å². The van der Waals surface area contributed by atoms with E-state index in [0.717, 1.165) is 55.9 Å². The second-order valence-corrected chi connectivity index (χ2v) is 19.7. The van der Waals surface area contributed by atoms with E-state index in [1.165, 1.54) is 30.5 Å². The van der Waals surface area contributed by atoms with Gasteiger partial charge in [-0.25, -0.2) is 9.37 Å². The number of hydrogen-bond donors (Lipinski definition) is 4. The molecule has 2 aromatic carbocycles. The molecular weight excluding hydrogens is 903 g/mol. The number of para-hydroxylation sites is 1. The molecule has 5 amide bonds. The predicted molar refractivity (Wildman–Crippen MR) is 240 cm³/mol. The summed E-state index contributed by atoms with van der Waals surface area (Å²) in [5.74, 6) is -1.54. The zero-order valence-corrected chi connectivity index (χ0v) is 37.8. The SMILES string of the molecule is N#Cc1cnc(NCc2ccccc2OC(F)(F)F)nc1NCC12CC3CC(C1)C(NCC(=O)N1CCC(N4CCN(c5cc6c(cc5F)C(=O)N(C5CCC(=O)NC5=O)C6=O)CC4)CC1)C(C3)C2. The molecular formula is C48H53F4N11O6. The first-order chi connectivity index (χ1) is 33.1. The van der Waals surface area contributed by atoms with Gasteiger partial charge in [-0.3, -0.25) is 39.1 Å². The highest BCUT2D eigenvalue weighted by atomic mass is 19.4. The zero-order valence-electron chi connectivity index (χ0n) is 37.8. The topological polar surface area (TPSA) is 205 Å². The number of likely N-dealkylation sites (tertiary alicyclic amines) is 1. The van der Waals surface area contributed by atoms with Crippen LogP contribution < -0.4 is 30.9 Å². The molecule has 11 rings (SSSR count). The number of anilines is 3. The van der Waals surface area contributed by atoms with Crippen molar-refractivity contribution in [1.82, 2.24) is 35.3 Å². The lowest BCUT2D eigenvalue weighted by Crippen LogP contribution is -2.61. The summed E-state index contributed by atoms with van der Waals surface area (Å²) in [5, 5.41) is 22.1. The van der Waals surface area contributed by atoms with Gasteiger partial charge in [0, 0.05) is 76.4 Å². The second-order valence-electron chi connectivity index (χ2n) is 19.7. The molecule has 17 nitrogen and oxygen atoms in total. The summed E-state index contributed by atoms with van der Waals surface area (Å²) >= 11 is 0. The number of nitrogens with one attached hydrogen (secondary N) is 4. The van der Waals surface area contributed by atoms with Gasteiger partial charge in [0.15, 0.2) is 0 Å². The van der Waals surface area contributed by atoms with Crippen LogP contribution in [0, 0.1) is 40.3 Å². The number of benzene rings is 2. The monoisotopic (exact) mass is 955 g/mol. The van der Waals surface area contributed by atoms with Crippen molar-refractivity contribution >= 4 is 47.0 Å². The van der Waals surface area contributed by atoms with Gasteiger partial charge in [0.05, 0.1) is 29.6 Å². The van der Waals surface area contributed by atoms with Crippen LogP contribution >= 0.6 is 0 Å². The first-order valence-electron chi connectivity index (χ1n) is 23.8. The molecule has 364 valence electrons. The van der Waals surface area contributed by atoms with Crippen molar-refractivity contribution in [2.75, 3.05) is 67.9 Å². The van der Waals surface area contributed by atoms with E-state index in [4.69, 9.17) is 0 Å². The number of carbonyl (C=O) groups excluding carboxylic acids is 5. The van der Waals surface area contributed by atoms with Crippen LogP contribution in [0.15, 0.2) is 42.6 Å². The normalized spacial score (nSPS) is 27.1. The molecule has 3 saturated heterocycles. The van der Waals surface area contributed by atoms with Gasteiger partial charge in [0.2, 0.25) is 23.7 Å². The number of fused-ring (bicyclic) bond motifs is 1. The van der Waals surface area contributed by atoms with E-state index in [-0.39, 0.29) is 89.0 Å². The standard InChI is InChI=1S/C48H53F4N11O6/c49-35-17-33-34(45(68)63(44(33)67)36-5-6-39(64)58-43(36)66)18-37(35)61-13-11-60(12-14-61)32-7-9-62(10-8-32)40(65)25-54-41-29-15-27-16-30(41)21-47(19-27,20-29)26-57-42-31(22-53)24-56-46(59-42)55-23-28-3-1-2-4-38(28)69-48(50,51)52/h1-4,17-18,24,27,29-30,32,36,41,54H,5-16,19-21,23,25-26H2,(H,58,64,66)(H2,55,56,57,59). The Morgan fingerprint density at radius 2 is 1.64 bits per heavy atom. The van der Waals surface area contributed by atoms with Crippen molar-refractivity contribution in [2.45, 2.75) is 88.8 Å². The molecule has 0 radical (unpaired) electrons. The molecule has 69 heavy (non-hydrogen) atoms. The third kappa shape index (κ3) is 9.40. The van der Waals surface area contributed by atoms with Crippen molar-refractivity contribution < 1.29 is 46.3 Å². The fraction of sp³-hybridized carbons (Fsp3) is 0.542. The third-order valence-corrected chi connectivity index (χ3v) is 15.6. The molecule has 4 aliphatic heterocycles. The molecule has 8 aliphatic rings. The summed E-state index contributed by atoms with van der Waals surface area (Å²) in [6.45, 7) is 4.48. The van der Waals surface area contributed by atoms with Gasteiger partial charge in [-0.15, -0.1) is 13.2 Å². The van der Waals surface area contributed by atoms with E-state index in [2.05, 4.69) is 46.9 Å². The lowest BCUT2D eigenvalue weighted by atomic mass is 9.48. The van der Waals surface area contributed by atoms with Crippen LogP contribution in [0.3, 0.4) is 0 Å². The highest BCUT2D eigenvalue weighted by Gasteiger charge is 2.55. The largest absolute Gasteiger partial charge is 0.573 e. The Labute approximate surface area is 395 Å². The lowest BCUT2D eigenvalue weighted by molar-refractivity contribution is -0.274. The Morgan fingerprint density at radius 3 is 2.33 bits per heavy atom. The highest BCUT2D eigenvalue weighted by molar-refractivity contribution is 6.23. The zero-order chi connectivity index (χ0) is 48.2. The van der Waals surface area contributed by atoms with E-state index >= 15 is 4.39 Å². The number of rotatable bonds is 13. The average Bonchev–Trinajstić information content (AvgIpc) is 3.56. The second kappa shape index (κ2) is 18.5. The van der Waals surface area contributed by atoms with Gasteiger partial charge in [-0.1, -0.05) is 18.2 Å². The van der Waals surface area contributed by atoms with Crippen molar-refractivity contribution in [3.05, 3.63) is 70.7 Å². The molecule has 5 heterocycles. The predicted octanol–water partition coefficient (Wildman–Crippen LogP) is 4.41. The lowest BCUT2D eigenvalue weighted by Gasteiger charge is -2.60. The first kappa shape index (κ1) is 46.3. The van der Waals surface area contributed by atoms with E-state index < -0.39 is 41.9 Å². The average molecular weight is 956 g/mol. The summed E-state index contributed by atoms with van der Waals surface area (Å²) in [6.07, 6.45) is 3.45. The van der Waals surface area contributed by atoms with Gasteiger partial charge in [-0.2, -0.15) is 10.2 Å². The fourth-order valence-electron chi connectivity index (χ4n) is 12.6. The molecule has 3 unspecified atom stereocenters. The van der Waals surface area contributed by atoms with E-state index in [0.29, 0.717) is 69.4 Å². The summed E-state index contributed by atoms with van der Waals surface area (Å²) in [7, 11) is 0. The van der Waals surface area contributed by atoms with Crippen LogP contribution in [0.1, 0.15) is 89.6 Å². The maximum atomic E-state index is 15.6. The van der Waals surface area contributed by atoms with Crippen molar-refractivity contribution in [1.29, 1.82) is 5.26 Å². The number of amides is 5. The van der Waals surface area contributed by atoms with Gasteiger partial charge in [0.1, 0.15) is 35.1 Å². The smallest absolute Gasteiger partial charge is 0.405 e. The molecule has 3 atom stereocenters. The van der Waals surface area contributed by atoms with E-state index in [1.807, 2.05) is 9.80 Å². The number of ether oxygens (including phenoxy) is 1. The van der Waals surface area contributed by atoms with Crippen LogP contribution in [-0.4, -0.2) is 131 Å². The van der Waals surface area contributed by atoms with Crippen LogP contribution in [0.2, 0.25) is 0 Å². The van der Waals surface area contributed by atoms with Gasteiger partial charge in [0.25, 0.3) is 11.8 Å². The molecule has 0 spiro atoms. The first-order valence-corrected chi connectivity index (χ1v) is 23.8. The number of aromatic nitrogens is 2. The summed E-state index contributed by atoms with van der Waals surface area (Å²) in [4.78, 5) is 80.1. The minimum Gasteiger partial charge on any atom is -0.405 e. The number of hydrogen-bond acceptors (Lipinski definition) is 14. The number of piperazine rings is 1. The maximum Gasteiger partial charge on any atom is 0.573 e. The van der Waals surface area contributed by atoms with Crippen LogP contribution in [0.25, 0.3) is 0 Å². The summed E-state index contributed by atoms with van der Waals surface area (Å²) < 4.78 is 58.6. The Kier molecular flexibility index (Phi) is 12.4. The number of nitriles is 1. The molecule has 3 aromatic rings. The molecule has 7 fully saturated rings. The highest BCUT2D eigenvalue weighted by Crippen LogP contribution is 2.60. The number of carbonyl (C=O) groups is 5. The molecule has 4 bridgehead atoms. The van der Waals surface area contributed by atoms with E-state index in [9.17, 15) is 42.4 Å². The minimum absolute atomic E-state index is 0.00128. The molecule has 21 heteroatoms. The minimum atomic E-state index is -4.84. The number of piperidine rings is 2. The number of alkyl halides is 3. The molecule has 4 aliphatic carbocycles. The van der Waals surface area contributed by atoms with Crippen molar-refractivity contribution in [2.24, 2.45) is 23.2 Å². The number of nitrogens with zero attached hydrogens (tertiary/aromatic N) is 7. The Balaban J connectivity index is 0.681. The van der Waals surface area contributed by atoms with Gasteiger partial charge < -0.3 is 30.5 Å². The Morgan fingerprint density at radius 1 is 0.928 bits per heavy atom. The Bertz CT molecular complexity index is 2580. The van der Waals surface area contributed by atoms with Crippen molar-refractivity contribution in [3.8, 4) is 11.8 Å². The summed E-state index contributed by atoms with van der Waals surface area (Å²) in [5.41, 5.74) is 0.715. The molecule has 4 saturated carbocycles. The number of imide groups is 2. The number of halogens is 4. The quantitative estimate of drug-likeness (QED) is 0.139.